The first-order valence-corrected chi connectivity index (χ1v) is 11.5. The highest BCUT2D eigenvalue weighted by molar-refractivity contribution is 6.02. The molecule has 0 bridgehead atoms. The molecule has 1 aliphatic heterocycles. The number of fused-ring (bicyclic) bond motifs is 1. The van der Waals surface area contributed by atoms with Gasteiger partial charge in [-0.05, 0) is 37.4 Å². The minimum atomic E-state index is -2.91. The van der Waals surface area contributed by atoms with Crippen molar-refractivity contribution in [2.75, 3.05) is 38.1 Å². The standard InChI is InChI=1S/C25H25F3N6O2/c1-31-10-12-33(13-11-31)25(35)34(21-5-3-4-20-18(21)8-9-32(20)2)15-17-7-6-16(14-19(17)26)23-29-30-24(36-23)22(27)28/h3-9,14,22H,10-13,15H2,1-2H3. The van der Waals surface area contributed by atoms with Crippen LogP contribution in [0.5, 0.6) is 0 Å². The van der Waals surface area contributed by atoms with E-state index < -0.39 is 18.1 Å². The Kier molecular flexibility index (Phi) is 6.40. The van der Waals surface area contributed by atoms with Crippen LogP contribution in [0.15, 0.2) is 53.1 Å². The minimum absolute atomic E-state index is 0.0165. The number of aromatic nitrogens is 3. The number of urea groups is 1. The van der Waals surface area contributed by atoms with E-state index in [1.54, 1.807) is 9.80 Å². The van der Waals surface area contributed by atoms with Crippen LogP contribution in [0.1, 0.15) is 17.9 Å². The molecule has 4 aromatic rings. The average Bonchev–Trinajstić information content (AvgIpc) is 3.51. The Balaban J connectivity index is 1.49. The van der Waals surface area contributed by atoms with Gasteiger partial charge in [0, 0.05) is 61.5 Å². The zero-order chi connectivity index (χ0) is 25.4. The Hall–Kier alpha value is -3.86. The number of aryl methyl sites for hydroxylation is 1. The van der Waals surface area contributed by atoms with Crippen molar-refractivity contribution in [3.63, 3.8) is 0 Å². The van der Waals surface area contributed by atoms with Gasteiger partial charge < -0.3 is 18.8 Å². The van der Waals surface area contributed by atoms with Crippen molar-refractivity contribution >= 4 is 22.6 Å². The van der Waals surface area contributed by atoms with Crippen LogP contribution in [-0.4, -0.2) is 63.8 Å². The van der Waals surface area contributed by atoms with E-state index in [2.05, 4.69) is 15.1 Å². The molecular weight excluding hydrogens is 473 g/mol. The number of likely N-dealkylation sites (N-methyl/N-ethyl adjacent to an activating group) is 1. The van der Waals surface area contributed by atoms with Crippen LogP contribution >= 0.6 is 0 Å². The van der Waals surface area contributed by atoms with Crippen molar-refractivity contribution in [2.24, 2.45) is 7.05 Å². The van der Waals surface area contributed by atoms with Crippen molar-refractivity contribution in [1.82, 2.24) is 24.6 Å². The van der Waals surface area contributed by atoms with Gasteiger partial charge in [0.25, 0.3) is 5.89 Å². The summed E-state index contributed by atoms with van der Waals surface area (Å²) in [7, 11) is 3.93. The Bertz CT molecular complexity index is 1390. The topological polar surface area (TPSA) is 70.6 Å². The molecular formula is C25H25F3N6O2. The zero-order valence-electron chi connectivity index (χ0n) is 19.9. The third-order valence-corrected chi connectivity index (χ3v) is 6.46. The second-order valence-corrected chi connectivity index (χ2v) is 8.85. The molecule has 3 heterocycles. The fourth-order valence-corrected chi connectivity index (χ4v) is 4.36. The van der Waals surface area contributed by atoms with Crippen molar-refractivity contribution < 1.29 is 22.4 Å². The fraction of sp³-hybridized carbons (Fsp3) is 0.320. The van der Waals surface area contributed by atoms with Crippen molar-refractivity contribution in [1.29, 1.82) is 0 Å². The highest BCUT2D eigenvalue weighted by Gasteiger charge is 2.28. The zero-order valence-corrected chi connectivity index (χ0v) is 19.9. The largest absolute Gasteiger partial charge is 0.415 e. The molecule has 36 heavy (non-hydrogen) atoms. The summed E-state index contributed by atoms with van der Waals surface area (Å²) < 4.78 is 47.7. The first-order chi connectivity index (χ1) is 17.3. The Morgan fingerprint density at radius 3 is 2.56 bits per heavy atom. The summed E-state index contributed by atoms with van der Waals surface area (Å²) in [4.78, 5) is 19.2. The van der Waals surface area contributed by atoms with Gasteiger partial charge in [0.15, 0.2) is 0 Å². The van der Waals surface area contributed by atoms with Gasteiger partial charge in [0.1, 0.15) is 5.82 Å². The van der Waals surface area contributed by atoms with E-state index in [0.717, 1.165) is 30.1 Å². The van der Waals surface area contributed by atoms with Crippen molar-refractivity contribution in [3.8, 4) is 11.5 Å². The molecule has 11 heteroatoms. The first kappa shape index (κ1) is 23.9. The molecule has 0 aliphatic carbocycles. The maximum atomic E-state index is 15.3. The van der Waals surface area contributed by atoms with E-state index >= 15 is 4.39 Å². The third kappa shape index (κ3) is 4.53. The quantitative estimate of drug-likeness (QED) is 0.400. The molecule has 1 fully saturated rings. The summed E-state index contributed by atoms with van der Waals surface area (Å²) in [6.45, 7) is 2.63. The number of carbonyl (C=O) groups excluding carboxylic acids is 1. The SMILES string of the molecule is CN1CCN(C(=O)N(Cc2ccc(-c3nnc(C(F)F)o3)cc2F)c2cccc3c2ccn3C)CC1. The lowest BCUT2D eigenvalue weighted by Gasteiger charge is -2.36. The number of benzene rings is 2. The van der Waals surface area contributed by atoms with E-state index in [1.807, 2.05) is 49.1 Å². The summed E-state index contributed by atoms with van der Waals surface area (Å²) in [5.41, 5.74) is 2.07. The van der Waals surface area contributed by atoms with E-state index in [1.165, 1.54) is 12.1 Å². The lowest BCUT2D eigenvalue weighted by atomic mass is 10.1. The summed E-state index contributed by atoms with van der Waals surface area (Å²) in [6.07, 6.45) is -0.995. The number of anilines is 1. The molecule has 1 saturated heterocycles. The number of carbonyl (C=O) groups is 1. The predicted octanol–water partition coefficient (Wildman–Crippen LogP) is 4.68. The van der Waals surface area contributed by atoms with Crippen LogP contribution in [0.4, 0.5) is 23.7 Å². The Morgan fingerprint density at radius 2 is 1.86 bits per heavy atom. The monoisotopic (exact) mass is 498 g/mol. The van der Waals surface area contributed by atoms with Gasteiger partial charge in [-0.15, -0.1) is 10.2 Å². The molecule has 2 amide bonds. The summed E-state index contributed by atoms with van der Waals surface area (Å²) in [5, 5.41) is 7.75. The molecule has 0 spiro atoms. The van der Waals surface area contributed by atoms with Gasteiger partial charge in [-0.25, -0.2) is 9.18 Å². The molecule has 0 unspecified atom stereocenters. The molecule has 2 aromatic heterocycles. The number of hydrogen-bond acceptors (Lipinski definition) is 5. The maximum absolute atomic E-state index is 15.3. The molecule has 188 valence electrons. The highest BCUT2D eigenvalue weighted by atomic mass is 19.3. The number of piperazine rings is 1. The normalized spacial score (nSPS) is 14.7. The summed E-state index contributed by atoms with van der Waals surface area (Å²) in [5.74, 6) is -1.63. The molecule has 1 aliphatic rings. The number of nitrogens with zero attached hydrogens (tertiary/aromatic N) is 6. The number of alkyl halides is 2. The van der Waals surface area contributed by atoms with Crippen LogP contribution < -0.4 is 4.90 Å². The van der Waals surface area contributed by atoms with Crippen LogP contribution in [0, 0.1) is 5.82 Å². The second-order valence-electron chi connectivity index (χ2n) is 8.85. The summed E-state index contributed by atoms with van der Waals surface area (Å²) in [6, 6.07) is 11.6. The number of halogens is 3. The van der Waals surface area contributed by atoms with Gasteiger partial charge in [-0.3, -0.25) is 4.90 Å². The van der Waals surface area contributed by atoms with Crippen molar-refractivity contribution in [3.05, 3.63) is 65.9 Å². The van der Waals surface area contributed by atoms with Gasteiger partial charge in [0.2, 0.25) is 5.89 Å². The second kappa shape index (κ2) is 9.65. The number of amides is 2. The predicted molar refractivity (Wildman–Crippen MR) is 128 cm³/mol. The van der Waals surface area contributed by atoms with Gasteiger partial charge in [-0.2, -0.15) is 8.78 Å². The number of hydrogen-bond donors (Lipinski definition) is 0. The van der Waals surface area contributed by atoms with E-state index in [9.17, 15) is 13.6 Å². The Labute approximate surface area is 205 Å². The maximum Gasteiger partial charge on any atom is 0.324 e. The fourth-order valence-electron chi connectivity index (χ4n) is 4.36. The molecule has 0 N–H and O–H groups in total. The average molecular weight is 499 g/mol. The van der Waals surface area contributed by atoms with E-state index in [-0.39, 0.29) is 29.6 Å². The van der Waals surface area contributed by atoms with Crippen LogP contribution in [0.3, 0.4) is 0 Å². The van der Waals surface area contributed by atoms with E-state index in [0.29, 0.717) is 18.8 Å². The Morgan fingerprint density at radius 1 is 1.08 bits per heavy atom. The van der Waals surface area contributed by atoms with Crippen molar-refractivity contribution in [2.45, 2.75) is 13.0 Å². The molecule has 8 nitrogen and oxygen atoms in total. The highest BCUT2D eigenvalue weighted by Crippen LogP contribution is 2.31. The molecule has 0 radical (unpaired) electrons. The molecule has 0 saturated carbocycles. The van der Waals surface area contributed by atoms with Gasteiger partial charge in [-0.1, -0.05) is 12.1 Å². The third-order valence-electron chi connectivity index (χ3n) is 6.46. The van der Waals surface area contributed by atoms with Gasteiger partial charge in [0.05, 0.1) is 12.2 Å². The first-order valence-electron chi connectivity index (χ1n) is 11.5. The van der Waals surface area contributed by atoms with Crippen LogP contribution in [-0.2, 0) is 13.6 Å². The molecule has 0 atom stereocenters. The van der Waals surface area contributed by atoms with E-state index in [4.69, 9.17) is 4.42 Å². The number of rotatable bonds is 5. The smallest absolute Gasteiger partial charge is 0.324 e. The molecule has 5 rings (SSSR count). The minimum Gasteiger partial charge on any atom is -0.415 e. The van der Waals surface area contributed by atoms with Gasteiger partial charge >= 0.3 is 12.5 Å². The van der Waals surface area contributed by atoms with Crippen LogP contribution in [0.2, 0.25) is 0 Å². The summed E-state index contributed by atoms with van der Waals surface area (Å²) >= 11 is 0. The molecule has 2 aromatic carbocycles. The lowest BCUT2D eigenvalue weighted by Crippen LogP contribution is -2.52. The van der Waals surface area contributed by atoms with Crippen LogP contribution in [0.25, 0.3) is 22.4 Å². The lowest BCUT2D eigenvalue weighted by molar-refractivity contribution is 0.116.